The van der Waals surface area contributed by atoms with Gasteiger partial charge in [0.15, 0.2) is 0 Å². The summed E-state index contributed by atoms with van der Waals surface area (Å²) in [6.45, 7) is 8.51. The minimum atomic E-state index is 0. The van der Waals surface area contributed by atoms with Crippen molar-refractivity contribution in [3.63, 3.8) is 0 Å². The Morgan fingerprint density at radius 3 is 1.97 bits per heavy atom. The van der Waals surface area contributed by atoms with Crippen molar-refractivity contribution in [3.8, 4) is 71.5 Å². The molecule has 1 saturated carbocycles. The zero-order chi connectivity index (χ0) is 22.8. The highest BCUT2D eigenvalue weighted by Gasteiger charge is 2.49. The molecule has 4 atom stereocenters. The maximum atomic E-state index is 11.9. The van der Waals surface area contributed by atoms with E-state index in [4.69, 9.17) is 21.1 Å². The third-order valence-electron chi connectivity index (χ3n) is 4.55. The van der Waals surface area contributed by atoms with Crippen LogP contribution in [0.15, 0.2) is 12.2 Å². The molecule has 2 aliphatic rings. The average molecular weight is 417 g/mol. The Bertz CT molecular complexity index is 981. The molecule has 4 nitrogen and oxygen atoms in total. The highest BCUT2D eigenvalue weighted by atomic mass is 16.7. The molecular formula is C26H40O4. The molecule has 0 radical (unpaired) electrons. The summed E-state index contributed by atoms with van der Waals surface area (Å²) in [5.41, 5.74) is 0. The summed E-state index contributed by atoms with van der Waals surface area (Å²) in [4.78, 5) is 25.9. The van der Waals surface area contributed by atoms with Crippen LogP contribution in [0.5, 0.6) is 0 Å². The standard InChI is InChI=1S/C13H20O2.C13H4.O2.8H2/c1-4-15-13(14)12-10-6-5-9(7-10)11(12)8(2)3;1-3-5-7-9-11-13-12-10-8-6-4-2;1-2;;;;;;;;/h5-6,8-12H,4,7H2,1-3H3;1H,2H3;;8*1H. The van der Waals surface area contributed by atoms with E-state index < -0.39 is 0 Å². The zero-order valence-electron chi connectivity index (χ0n) is 17.7. The summed E-state index contributed by atoms with van der Waals surface area (Å²) >= 11 is 0. The van der Waals surface area contributed by atoms with Crippen LogP contribution in [0.1, 0.15) is 45.5 Å². The number of carbonyl (C=O) groups excluding carboxylic acids is 1. The highest BCUT2D eigenvalue weighted by Crippen LogP contribution is 2.51. The van der Waals surface area contributed by atoms with Crippen molar-refractivity contribution < 1.29 is 20.9 Å². The number of hydrogen-bond donors (Lipinski definition) is 0. The fraction of sp³-hybridized carbons (Fsp3) is 0.423. The Hall–Kier alpha value is -3.83. The quantitative estimate of drug-likeness (QED) is 0.354. The SMILES string of the molecule is C#CC#CC#CC#CC#CC#CC.CCOC(=O)C1C2C=CC(C2)C1C(C)C.O=O.[HH].[HH].[HH].[HH].[HH].[HH].[HH].[HH]. The van der Waals surface area contributed by atoms with E-state index in [0.29, 0.717) is 30.3 Å². The Balaban J connectivity index is -0.0000000499. The number of fused-ring (bicyclic) bond motifs is 2. The lowest BCUT2D eigenvalue weighted by Crippen LogP contribution is -2.32. The lowest BCUT2D eigenvalue weighted by atomic mass is 9.76. The normalized spacial score (nSPS) is 20.5. The number of esters is 1. The molecular weight excluding hydrogens is 376 g/mol. The van der Waals surface area contributed by atoms with Gasteiger partial charge in [0.25, 0.3) is 0 Å². The molecule has 0 aliphatic heterocycles. The van der Waals surface area contributed by atoms with Crippen LogP contribution in [-0.4, -0.2) is 12.6 Å². The lowest BCUT2D eigenvalue weighted by Gasteiger charge is -2.29. The van der Waals surface area contributed by atoms with Gasteiger partial charge in [0.05, 0.1) is 12.5 Å². The number of carbonyl (C=O) groups is 1. The van der Waals surface area contributed by atoms with Gasteiger partial charge >= 0.3 is 5.97 Å². The number of allylic oxidation sites excluding steroid dienone is 2. The number of rotatable bonds is 3. The monoisotopic (exact) mass is 416 g/mol. The summed E-state index contributed by atoms with van der Waals surface area (Å²) in [6.07, 6.45) is 10.5. The van der Waals surface area contributed by atoms with Crippen molar-refractivity contribution in [3.05, 3.63) is 22.1 Å². The summed E-state index contributed by atoms with van der Waals surface area (Å²) in [5.74, 6) is 29.2. The van der Waals surface area contributed by atoms with Crippen LogP contribution in [0.3, 0.4) is 0 Å². The molecule has 4 heteroatoms. The second-order valence-electron chi connectivity index (χ2n) is 6.57. The average Bonchev–Trinajstić information content (AvgIpc) is 3.36. The van der Waals surface area contributed by atoms with Gasteiger partial charge in [0.2, 0.25) is 0 Å². The summed E-state index contributed by atoms with van der Waals surface area (Å²) in [6, 6.07) is 0. The second-order valence-corrected chi connectivity index (χ2v) is 6.57. The third-order valence-corrected chi connectivity index (χ3v) is 4.55. The first kappa shape index (κ1) is 26.2. The maximum Gasteiger partial charge on any atom is 0.309 e. The van der Waals surface area contributed by atoms with Crippen molar-refractivity contribution in [2.45, 2.75) is 34.1 Å². The van der Waals surface area contributed by atoms with Crippen LogP contribution in [0.4, 0.5) is 0 Å². The van der Waals surface area contributed by atoms with Crippen LogP contribution >= 0.6 is 0 Å². The molecule has 4 unspecified atom stereocenters. The van der Waals surface area contributed by atoms with E-state index in [9.17, 15) is 4.79 Å². The van der Waals surface area contributed by atoms with E-state index in [2.05, 4.69) is 91.1 Å². The van der Waals surface area contributed by atoms with Crippen molar-refractivity contribution in [2.75, 3.05) is 6.61 Å². The Kier molecular flexibility index (Phi) is 14.1. The molecule has 0 aromatic rings. The van der Waals surface area contributed by atoms with Crippen molar-refractivity contribution in [2.24, 2.45) is 29.6 Å². The molecule has 0 amide bonds. The number of terminal acetylenes is 1. The molecule has 0 spiro atoms. The summed E-state index contributed by atoms with van der Waals surface area (Å²) in [5, 5.41) is 0. The summed E-state index contributed by atoms with van der Waals surface area (Å²) < 4.78 is 5.19. The molecule has 30 heavy (non-hydrogen) atoms. The Morgan fingerprint density at radius 2 is 1.50 bits per heavy atom. The molecule has 2 rings (SSSR count). The fourth-order valence-corrected chi connectivity index (χ4v) is 3.66. The van der Waals surface area contributed by atoms with E-state index in [1.807, 2.05) is 6.92 Å². The van der Waals surface area contributed by atoms with Gasteiger partial charge < -0.3 is 4.74 Å². The van der Waals surface area contributed by atoms with Crippen LogP contribution < -0.4 is 0 Å². The highest BCUT2D eigenvalue weighted by molar-refractivity contribution is 5.74. The van der Waals surface area contributed by atoms with E-state index >= 15 is 0 Å². The van der Waals surface area contributed by atoms with Gasteiger partial charge in [-0.05, 0) is 103 Å². The van der Waals surface area contributed by atoms with Crippen LogP contribution in [-0.2, 0) is 9.53 Å². The van der Waals surface area contributed by atoms with Gasteiger partial charge in [-0.25, -0.2) is 0 Å². The van der Waals surface area contributed by atoms with Gasteiger partial charge in [-0.3, -0.25) is 4.79 Å². The molecule has 0 saturated heterocycles. The van der Waals surface area contributed by atoms with Gasteiger partial charge in [-0.2, -0.15) is 0 Å². The lowest BCUT2D eigenvalue weighted by molar-refractivity contribution is -0.151. The maximum absolute atomic E-state index is 11.9. The van der Waals surface area contributed by atoms with Crippen LogP contribution in [0.25, 0.3) is 0 Å². The molecule has 2 aliphatic carbocycles. The van der Waals surface area contributed by atoms with E-state index in [1.165, 1.54) is 0 Å². The fourth-order valence-electron chi connectivity index (χ4n) is 3.66. The molecule has 0 aromatic heterocycles. The van der Waals surface area contributed by atoms with Crippen molar-refractivity contribution in [1.29, 1.82) is 0 Å². The molecule has 1 fully saturated rings. The van der Waals surface area contributed by atoms with Gasteiger partial charge in [-0.15, -0.1) is 6.42 Å². The first-order chi connectivity index (χ1) is 14.6. The predicted molar refractivity (Wildman–Crippen MR) is 136 cm³/mol. The third kappa shape index (κ3) is 8.91. The largest absolute Gasteiger partial charge is 0.466 e. The first-order valence-electron chi connectivity index (χ1n) is 9.45. The van der Waals surface area contributed by atoms with Gasteiger partial charge in [0, 0.05) is 21.3 Å². The van der Waals surface area contributed by atoms with Gasteiger partial charge in [0.1, 0.15) is 0 Å². The first-order valence-corrected chi connectivity index (χ1v) is 9.45. The topological polar surface area (TPSA) is 60.4 Å². The second kappa shape index (κ2) is 16.2. The number of ether oxygens (including phenoxy) is 1. The van der Waals surface area contributed by atoms with Crippen molar-refractivity contribution in [1.82, 2.24) is 0 Å². The Labute approximate surface area is 191 Å². The molecule has 0 heterocycles. The minimum absolute atomic E-state index is 0. The smallest absolute Gasteiger partial charge is 0.309 e. The molecule has 0 aromatic carbocycles. The number of hydrogen-bond acceptors (Lipinski definition) is 4. The zero-order valence-corrected chi connectivity index (χ0v) is 17.7. The minimum Gasteiger partial charge on any atom is -0.466 e. The predicted octanol–water partition coefficient (Wildman–Crippen LogP) is 5.34. The molecule has 0 N–H and O–H groups in total. The van der Waals surface area contributed by atoms with Gasteiger partial charge in [-0.1, -0.05) is 31.9 Å². The van der Waals surface area contributed by atoms with Crippen LogP contribution in [0.2, 0.25) is 0 Å². The Morgan fingerprint density at radius 1 is 1.00 bits per heavy atom. The molecule has 168 valence electrons. The van der Waals surface area contributed by atoms with E-state index in [-0.39, 0.29) is 23.3 Å². The summed E-state index contributed by atoms with van der Waals surface area (Å²) in [7, 11) is 0. The molecule has 2 bridgehead atoms. The van der Waals surface area contributed by atoms with Crippen LogP contribution in [0, 0.1) is 111 Å². The van der Waals surface area contributed by atoms with Crippen molar-refractivity contribution >= 4 is 5.97 Å². The van der Waals surface area contributed by atoms with E-state index in [1.54, 1.807) is 6.92 Å². The van der Waals surface area contributed by atoms with E-state index in [0.717, 1.165) is 6.42 Å².